The molecule has 206 valence electrons. The average Bonchev–Trinajstić information content (AvgIpc) is 3.73. The molecular formula is C39H24N4O. The predicted molar refractivity (Wildman–Crippen MR) is 178 cm³/mol. The zero-order valence-electron chi connectivity index (χ0n) is 32.8. The van der Waals surface area contributed by atoms with Crippen molar-refractivity contribution >= 4 is 43.7 Å². The van der Waals surface area contributed by atoms with Crippen LogP contribution in [0.5, 0.6) is 0 Å². The number of hydrogen-bond donors (Lipinski definition) is 0. The van der Waals surface area contributed by atoms with Gasteiger partial charge in [0.2, 0.25) is 0 Å². The summed E-state index contributed by atoms with van der Waals surface area (Å²) in [6.45, 7) is 0. The van der Waals surface area contributed by atoms with Gasteiger partial charge in [-0.05, 0) is 36.4 Å². The summed E-state index contributed by atoms with van der Waals surface area (Å²) in [5, 5.41) is 3.70. The molecule has 0 saturated carbocycles. The van der Waals surface area contributed by atoms with Crippen LogP contribution in [0.2, 0.25) is 0 Å². The average molecular weight is 575 g/mol. The third kappa shape index (κ3) is 3.83. The van der Waals surface area contributed by atoms with Crippen LogP contribution in [0, 0.1) is 0 Å². The van der Waals surface area contributed by atoms with Crippen LogP contribution in [0.4, 0.5) is 0 Å². The Bertz CT molecular complexity index is 2880. The Morgan fingerprint density at radius 1 is 0.500 bits per heavy atom. The van der Waals surface area contributed by atoms with Crippen LogP contribution >= 0.6 is 0 Å². The molecule has 0 N–H and O–H groups in total. The Hall–Kier alpha value is -6.07. The highest BCUT2D eigenvalue weighted by Gasteiger charge is 2.19. The Morgan fingerprint density at radius 3 is 1.66 bits per heavy atom. The minimum atomic E-state index is -0.609. The molecule has 0 spiro atoms. The van der Waals surface area contributed by atoms with Crippen LogP contribution in [0.1, 0.15) is 13.7 Å². The first-order valence-corrected chi connectivity index (χ1v) is 13.8. The first-order valence-electron chi connectivity index (χ1n) is 18.8. The molecule has 44 heavy (non-hydrogen) atoms. The van der Waals surface area contributed by atoms with E-state index in [0.717, 1.165) is 32.9 Å². The molecule has 3 aromatic heterocycles. The number of benzene rings is 6. The number of para-hydroxylation sites is 3. The number of rotatable bonds is 4. The molecule has 0 bridgehead atoms. The van der Waals surface area contributed by atoms with Crippen molar-refractivity contribution in [2.24, 2.45) is 0 Å². The Balaban J connectivity index is 1.30. The van der Waals surface area contributed by atoms with E-state index in [-0.39, 0.29) is 28.6 Å². The zero-order valence-corrected chi connectivity index (χ0v) is 22.8. The molecule has 0 aliphatic carbocycles. The molecule has 6 aromatic carbocycles. The van der Waals surface area contributed by atoms with Crippen LogP contribution in [0.3, 0.4) is 0 Å². The van der Waals surface area contributed by atoms with E-state index in [4.69, 9.17) is 18.1 Å². The van der Waals surface area contributed by atoms with Gasteiger partial charge >= 0.3 is 0 Å². The van der Waals surface area contributed by atoms with Gasteiger partial charge < -0.3 is 8.98 Å². The molecule has 0 radical (unpaired) electrons. The second-order valence-electron chi connectivity index (χ2n) is 10.1. The van der Waals surface area contributed by atoms with Gasteiger partial charge in [-0.25, -0.2) is 15.0 Å². The van der Waals surface area contributed by atoms with Crippen molar-refractivity contribution in [1.29, 1.82) is 0 Å². The van der Waals surface area contributed by atoms with Crippen molar-refractivity contribution in [2.45, 2.75) is 0 Å². The third-order valence-corrected chi connectivity index (χ3v) is 7.64. The summed E-state index contributed by atoms with van der Waals surface area (Å²) in [5.74, 6) is -0.683. The van der Waals surface area contributed by atoms with Gasteiger partial charge in [0.25, 0.3) is 0 Å². The number of fused-ring (bicyclic) bond motifs is 6. The molecule has 0 aliphatic rings. The van der Waals surface area contributed by atoms with E-state index in [9.17, 15) is 0 Å². The first kappa shape index (κ1) is 16.5. The monoisotopic (exact) mass is 574 g/mol. The molecule has 9 rings (SSSR count). The highest BCUT2D eigenvalue weighted by Crippen LogP contribution is 2.39. The predicted octanol–water partition coefficient (Wildman–Crippen LogP) is 9.87. The lowest BCUT2D eigenvalue weighted by Crippen LogP contribution is -2.00. The van der Waals surface area contributed by atoms with Crippen molar-refractivity contribution in [1.82, 2.24) is 19.5 Å². The minimum Gasteiger partial charge on any atom is -0.454 e. The molecule has 0 saturated heterocycles. The van der Waals surface area contributed by atoms with E-state index >= 15 is 0 Å². The second kappa shape index (κ2) is 9.75. The van der Waals surface area contributed by atoms with Crippen molar-refractivity contribution in [3.63, 3.8) is 0 Å². The fourth-order valence-electron chi connectivity index (χ4n) is 5.73. The highest BCUT2D eigenvalue weighted by atomic mass is 16.3. The van der Waals surface area contributed by atoms with Crippen LogP contribution in [-0.2, 0) is 0 Å². The summed E-state index contributed by atoms with van der Waals surface area (Å²) in [5.41, 5.74) is 3.80. The minimum absolute atomic E-state index is 0.0246. The molecule has 0 aliphatic heterocycles. The lowest BCUT2D eigenvalue weighted by molar-refractivity contribution is 0.666. The number of hydrogen-bond acceptors (Lipinski definition) is 4. The van der Waals surface area contributed by atoms with Gasteiger partial charge in [-0.2, -0.15) is 0 Å². The van der Waals surface area contributed by atoms with E-state index in [2.05, 4.69) is 43.8 Å². The topological polar surface area (TPSA) is 56.7 Å². The van der Waals surface area contributed by atoms with E-state index < -0.39 is 60.4 Å². The maximum Gasteiger partial charge on any atom is 0.164 e. The highest BCUT2D eigenvalue weighted by molar-refractivity contribution is 6.13. The fourth-order valence-corrected chi connectivity index (χ4v) is 5.73. The molecule has 9 aromatic rings. The van der Waals surface area contributed by atoms with Crippen molar-refractivity contribution in [3.8, 4) is 39.9 Å². The Kier molecular flexibility index (Phi) is 3.66. The largest absolute Gasteiger partial charge is 0.454 e. The summed E-state index contributed by atoms with van der Waals surface area (Å²) < 4.78 is 92.3. The number of nitrogens with zero attached hydrogens (tertiary/aromatic N) is 4. The fraction of sp³-hybridized carbons (Fsp3) is 0. The van der Waals surface area contributed by atoms with Crippen LogP contribution in [0.25, 0.3) is 83.6 Å². The van der Waals surface area contributed by atoms with E-state index in [1.165, 1.54) is 0 Å². The van der Waals surface area contributed by atoms with E-state index in [1.54, 1.807) is 18.2 Å². The normalized spacial score (nSPS) is 14.8. The van der Waals surface area contributed by atoms with Gasteiger partial charge in [-0.15, -0.1) is 0 Å². The maximum absolute atomic E-state index is 8.62. The molecular weight excluding hydrogens is 540 g/mol. The lowest BCUT2D eigenvalue weighted by atomic mass is 10.1. The summed E-state index contributed by atoms with van der Waals surface area (Å²) in [6.07, 6.45) is 0. The smallest absolute Gasteiger partial charge is 0.164 e. The van der Waals surface area contributed by atoms with E-state index in [1.807, 2.05) is 42.5 Å². The number of aromatic nitrogens is 4. The van der Waals surface area contributed by atoms with Gasteiger partial charge in [-0.1, -0.05) is 109 Å². The second-order valence-corrected chi connectivity index (χ2v) is 10.1. The molecule has 0 fully saturated rings. The van der Waals surface area contributed by atoms with Crippen molar-refractivity contribution < 1.29 is 18.1 Å². The molecule has 0 unspecified atom stereocenters. The SMILES string of the molecule is [2H]c1c([2H])c([2H])c(-c2nc(-c3ccc4oc5c(-n6c7ccccc7c7ccccc76)cccc5c4c3)nc(-c3c([2H])c([2H])c([2H])c([2H])c3[2H])n2)c([2H])c1[2H]. The third-order valence-electron chi connectivity index (χ3n) is 7.64. The molecule has 5 nitrogen and oxygen atoms in total. The Labute approximate surface area is 266 Å². The summed E-state index contributed by atoms with van der Waals surface area (Å²) >= 11 is 0. The molecule has 5 heteroatoms. The van der Waals surface area contributed by atoms with E-state index in [0.29, 0.717) is 22.1 Å². The van der Waals surface area contributed by atoms with Gasteiger partial charge in [0.15, 0.2) is 23.1 Å². The van der Waals surface area contributed by atoms with Crippen molar-refractivity contribution in [3.05, 3.63) is 145 Å². The van der Waals surface area contributed by atoms with Gasteiger partial charge in [0.05, 0.1) is 30.4 Å². The standard InChI is InChI=1S/C39H24N4O/c1-3-12-25(13-4-1)37-40-38(26-14-5-2-6-15-26)42-39(41-37)27-22-23-35-31(24-27)30-18-11-21-34(36(30)44-35)43-32-19-9-7-16-28(32)29-17-8-10-20-33(29)43/h1-24H/i1D,2D,3D,4D,5D,6D,12D,13D,14D,15D. The van der Waals surface area contributed by atoms with Crippen molar-refractivity contribution in [2.75, 3.05) is 0 Å². The molecule has 0 amide bonds. The van der Waals surface area contributed by atoms with Gasteiger partial charge in [0.1, 0.15) is 5.58 Å². The van der Waals surface area contributed by atoms with Gasteiger partial charge in [0, 0.05) is 38.2 Å². The molecule has 0 atom stereocenters. The zero-order chi connectivity index (χ0) is 37.7. The quantitative estimate of drug-likeness (QED) is 0.210. The summed E-state index contributed by atoms with van der Waals surface area (Å²) in [7, 11) is 0. The summed E-state index contributed by atoms with van der Waals surface area (Å²) in [6, 6.07) is 21.5. The van der Waals surface area contributed by atoms with Crippen LogP contribution in [0.15, 0.2) is 150 Å². The first-order chi connectivity index (χ1) is 26.0. The van der Waals surface area contributed by atoms with Crippen LogP contribution < -0.4 is 0 Å². The van der Waals surface area contributed by atoms with Crippen LogP contribution in [-0.4, -0.2) is 19.5 Å². The maximum atomic E-state index is 8.62. The number of furan rings is 1. The summed E-state index contributed by atoms with van der Waals surface area (Å²) in [4.78, 5) is 13.5. The Morgan fingerprint density at radius 2 is 1.05 bits per heavy atom. The van der Waals surface area contributed by atoms with Gasteiger partial charge in [-0.3, -0.25) is 0 Å². The lowest BCUT2D eigenvalue weighted by Gasteiger charge is -2.08. The molecule has 3 heterocycles.